The highest BCUT2D eigenvalue weighted by molar-refractivity contribution is 7.92. The van der Waals surface area contributed by atoms with Crippen LogP contribution >= 0.6 is 11.6 Å². The third-order valence-corrected chi connectivity index (χ3v) is 8.67. The largest absolute Gasteiger partial charge is 0.496 e. The Labute approximate surface area is 225 Å². The van der Waals surface area contributed by atoms with Crippen LogP contribution in [0, 0.1) is 20.8 Å². The van der Waals surface area contributed by atoms with Crippen LogP contribution in [0.2, 0.25) is 5.02 Å². The molecule has 0 aliphatic rings. The van der Waals surface area contributed by atoms with Gasteiger partial charge in [-0.2, -0.15) is 0 Å². The summed E-state index contributed by atoms with van der Waals surface area (Å²) in [4.78, 5) is 13.4. The zero-order valence-electron chi connectivity index (χ0n) is 22.4. The first-order valence-corrected chi connectivity index (χ1v) is 14.0. The van der Waals surface area contributed by atoms with E-state index in [0.29, 0.717) is 16.3 Å². The highest BCUT2D eigenvalue weighted by Crippen LogP contribution is 2.33. The van der Waals surface area contributed by atoms with Gasteiger partial charge < -0.3 is 10.1 Å². The van der Waals surface area contributed by atoms with Crippen molar-refractivity contribution in [2.75, 3.05) is 18.0 Å². The van der Waals surface area contributed by atoms with Crippen molar-refractivity contribution in [3.05, 3.63) is 87.4 Å². The van der Waals surface area contributed by atoms with Crippen molar-refractivity contribution < 1.29 is 17.9 Å². The molecule has 0 aliphatic carbocycles. The molecule has 0 bridgehead atoms. The van der Waals surface area contributed by atoms with Gasteiger partial charge in [0.25, 0.3) is 10.0 Å². The third kappa shape index (κ3) is 6.28. The number of sulfonamides is 1. The molecule has 0 saturated heterocycles. The predicted octanol–water partition coefficient (Wildman–Crippen LogP) is 6.47. The maximum absolute atomic E-state index is 13.7. The third-order valence-electron chi connectivity index (χ3n) is 6.49. The molecule has 3 aromatic carbocycles. The summed E-state index contributed by atoms with van der Waals surface area (Å²) in [5.74, 6) is 0.614. The van der Waals surface area contributed by atoms with Crippen LogP contribution in [0.25, 0.3) is 0 Å². The first kappa shape index (κ1) is 28.5. The van der Waals surface area contributed by atoms with E-state index in [-0.39, 0.29) is 16.9 Å². The lowest BCUT2D eigenvalue weighted by Crippen LogP contribution is -2.42. The smallest absolute Gasteiger partial charge is 0.264 e. The molecule has 0 aromatic heterocycles. The Bertz CT molecular complexity index is 1390. The van der Waals surface area contributed by atoms with E-state index in [9.17, 15) is 13.2 Å². The molecule has 0 saturated carbocycles. The maximum Gasteiger partial charge on any atom is 0.264 e. The standard InChI is InChI=1S/C29H35ClN2O4S/c1-18(2)24-16-25(20(4)15-28(24)36-7)22(6)31-29(33)17-32(27-10-8-9-26(30)21(27)5)37(34,35)23-13-11-19(3)12-14-23/h8-16,18,22H,17H2,1-7H3,(H,31,33)/t22-/m0/s1. The Morgan fingerprint density at radius 2 is 1.65 bits per heavy atom. The Kier molecular flexibility index (Phi) is 8.92. The van der Waals surface area contributed by atoms with Crippen LogP contribution in [0.1, 0.15) is 60.5 Å². The summed E-state index contributed by atoms with van der Waals surface area (Å²) in [5.41, 5.74) is 4.84. The lowest BCUT2D eigenvalue weighted by Gasteiger charge is -2.27. The van der Waals surface area contributed by atoms with Crippen LogP contribution in [0.4, 0.5) is 5.69 Å². The molecular formula is C29H35ClN2O4S. The molecule has 0 heterocycles. The molecule has 1 amide bonds. The van der Waals surface area contributed by atoms with E-state index in [1.54, 1.807) is 56.5 Å². The first-order valence-electron chi connectivity index (χ1n) is 12.2. The number of anilines is 1. The van der Waals surface area contributed by atoms with Crippen LogP contribution in [-0.2, 0) is 14.8 Å². The Balaban J connectivity index is 1.96. The fraction of sp³-hybridized carbons (Fsp3) is 0.345. The number of benzene rings is 3. The number of nitrogens with one attached hydrogen (secondary N) is 1. The SMILES string of the molecule is COc1cc(C)c([C@H](C)NC(=O)CN(c2cccc(Cl)c2C)S(=O)(=O)c2ccc(C)cc2)cc1C(C)C. The van der Waals surface area contributed by atoms with E-state index in [2.05, 4.69) is 19.2 Å². The number of amides is 1. The normalized spacial score (nSPS) is 12.4. The van der Waals surface area contributed by atoms with Gasteiger partial charge in [-0.05, 0) is 92.3 Å². The number of hydrogen-bond acceptors (Lipinski definition) is 4. The maximum atomic E-state index is 13.7. The van der Waals surface area contributed by atoms with Crippen molar-refractivity contribution >= 4 is 33.2 Å². The molecule has 0 spiro atoms. The summed E-state index contributed by atoms with van der Waals surface area (Å²) in [6.07, 6.45) is 0. The molecule has 1 atom stereocenters. The van der Waals surface area contributed by atoms with Gasteiger partial charge in [-0.3, -0.25) is 9.10 Å². The summed E-state index contributed by atoms with van der Waals surface area (Å²) in [6.45, 7) is 11.3. The summed E-state index contributed by atoms with van der Waals surface area (Å²) >= 11 is 6.33. The summed E-state index contributed by atoms with van der Waals surface area (Å²) < 4.78 is 34.1. The van der Waals surface area contributed by atoms with Crippen molar-refractivity contribution in [3.8, 4) is 5.75 Å². The number of ether oxygens (including phenoxy) is 1. The number of nitrogens with zero attached hydrogens (tertiary/aromatic N) is 1. The van der Waals surface area contributed by atoms with Crippen molar-refractivity contribution in [1.82, 2.24) is 5.32 Å². The quantitative estimate of drug-likeness (QED) is 0.336. The molecule has 0 fully saturated rings. The second-order valence-electron chi connectivity index (χ2n) is 9.60. The fourth-order valence-electron chi connectivity index (χ4n) is 4.31. The van der Waals surface area contributed by atoms with Crippen molar-refractivity contribution in [2.45, 2.75) is 58.4 Å². The monoisotopic (exact) mass is 542 g/mol. The van der Waals surface area contributed by atoms with Gasteiger partial charge in [0.15, 0.2) is 0 Å². The molecule has 8 heteroatoms. The van der Waals surface area contributed by atoms with E-state index in [4.69, 9.17) is 16.3 Å². The number of carbonyl (C=O) groups excluding carboxylic acids is 1. The number of aryl methyl sites for hydroxylation is 2. The topological polar surface area (TPSA) is 75.7 Å². The predicted molar refractivity (Wildman–Crippen MR) is 150 cm³/mol. The van der Waals surface area contributed by atoms with E-state index < -0.39 is 22.5 Å². The second-order valence-corrected chi connectivity index (χ2v) is 11.9. The van der Waals surface area contributed by atoms with Gasteiger partial charge >= 0.3 is 0 Å². The average molecular weight is 543 g/mol. The molecule has 3 rings (SSSR count). The van der Waals surface area contributed by atoms with E-state index in [0.717, 1.165) is 32.3 Å². The summed E-state index contributed by atoms with van der Waals surface area (Å²) in [5, 5.41) is 3.41. The average Bonchev–Trinajstić information content (AvgIpc) is 2.84. The Morgan fingerprint density at radius 3 is 2.24 bits per heavy atom. The van der Waals surface area contributed by atoms with Gasteiger partial charge in [-0.1, -0.05) is 49.2 Å². The minimum absolute atomic E-state index is 0.103. The van der Waals surface area contributed by atoms with Gasteiger partial charge in [-0.25, -0.2) is 8.42 Å². The molecule has 198 valence electrons. The molecule has 0 radical (unpaired) electrons. The lowest BCUT2D eigenvalue weighted by atomic mass is 9.93. The van der Waals surface area contributed by atoms with Gasteiger partial charge in [-0.15, -0.1) is 0 Å². The van der Waals surface area contributed by atoms with E-state index >= 15 is 0 Å². The number of halogens is 1. The minimum atomic E-state index is -4.04. The van der Waals surface area contributed by atoms with Crippen LogP contribution in [0.3, 0.4) is 0 Å². The van der Waals surface area contributed by atoms with Gasteiger partial charge in [0, 0.05) is 5.02 Å². The highest BCUT2D eigenvalue weighted by Gasteiger charge is 2.29. The van der Waals surface area contributed by atoms with Gasteiger partial charge in [0.1, 0.15) is 12.3 Å². The molecule has 6 nitrogen and oxygen atoms in total. The Hall–Kier alpha value is -3.03. The van der Waals surface area contributed by atoms with Crippen molar-refractivity contribution in [1.29, 1.82) is 0 Å². The summed E-state index contributed by atoms with van der Waals surface area (Å²) in [6, 6.07) is 15.3. The van der Waals surface area contributed by atoms with Gasteiger partial charge in [0.2, 0.25) is 5.91 Å². The second kappa shape index (κ2) is 11.6. The number of methoxy groups -OCH3 is 1. The van der Waals surface area contributed by atoms with Crippen LogP contribution in [-0.4, -0.2) is 28.0 Å². The highest BCUT2D eigenvalue weighted by atomic mass is 35.5. The molecule has 0 aliphatic heterocycles. The molecule has 1 N–H and O–H groups in total. The number of carbonyl (C=O) groups is 1. The molecule has 0 unspecified atom stereocenters. The fourth-order valence-corrected chi connectivity index (χ4v) is 5.96. The van der Waals surface area contributed by atoms with Crippen LogP contribution in [0.15, 0.2) is 59.5 Å². The van der Waals surface area contributed by atoms with Crippen molar-refractivity contribution in [2.24, 2.45) is 0 Å². The van der Waals surface area contributed by atoms with Crippen molar-refractivity contribution in [3.63, 3.8) is 0 Å². The van der Waals surface area contributed by atoms with E-state index in [1.807, 2.05) is 32.9 Å². The number of rotatable bonds is 9. The van der Waals surface area contributed by atoms with E-state index in [1.165, 1.54) is 0 Å². The zero-order chi connectivity index (χ0) is 27.5. The number of hydrogen-bond donors (Lipinski definition) is 1. The molecular weight excluding hydrogens is 508 g/mol. The first-order chi connectivity index (χ1) is 17.4. The van der Waals surface area contributed by atoms with Crippen LogP contribution < -0.4 is 14.4 Å². The minimum Gasteiger partial charge on any atom is -0.496 e. The molecule has 37 heavy (non-hydrogen) atoms. The lowest BCUT2D eigenvalue weighted by molar-refractivity contribution is -0.120. The Morgan fingerprint density at radius 1 is 1.00 bits per heavy atom. The molecule has 3 aromatic rings. The zero-order valence-corrected chi connectivity index (χ0v) is 24.0. The van der Waals surface area contributed by atoms with Crippen LogP contribution in [0.5, 0.6) is 5.75 Å². The van der Waals surface area contributed by atoms with Gasteiger partial charge in [0.05, 0.1) is 23.7 Å². The summed E-state index contributed by atoms with van der Waals surface area (Å²) in [7, 11) is -2.40.